The predicted octanol–water partition coefficient (Wildman–Crippen LogP) is 0.552. The summed E-state index contributed by atoms with van der Waals surface area (Å²) in [5.74, 6) is -0.0543. The Bertz CT molecular complexity index is 354. The number of aromatic nitrogens is 2. The van der Waals surface area contributed by atoms with Crippen molar-refractivity contribution < 1.29 is 4.79 Å². The van der Waals surface area contributed by atoms with E-state index in [1.807, 2.05) is 0 Å². The highest BCUT2D eigenvalue weighted by molar-refractivity contribution is 5.77. The van der Waals surface area contributed by atoms with Gasteiger partial charge >= 0.3 is 5.69 Å². The molecule has 1 rings (SSSR count). The lowest BCUT2D eigenvalue weighted by Crippen LogP contribution is -2.26. The van der Waals surface area contributed by atoms with Crippen molar-refractivity contribution in [2.45, 2.75) is 32.6 Å². The second kappa shape index (κ2) is 6.06. The number of amides is 1. The van der Waals surface area contributed by atoms with Gasteiger partial charge in [-0.25, -0.2) is 4.79 Å². The molecule has 1 heterocycles. The molecule has 1 aromatic rings. The molecule has 0 unspecified atom stereocenters. The third-order valence-electron chi connectivity index (χ3n) is 2.11. The number of carbonyl (C=O) groups excluding carboxylic acids is 1. The number of rotatable bonds is 6. The van der Waals surface area contributed by atoms with E-state index in [-0.39, 0.29) is 18.0 Å². The minimum Gasteiger partial charge on any atom is -0.356 e. The number of hydrogen-bond donors (Lipinski definition) is 3. The van der Waals surface area contributed by atoms with Crippen molar-refractivity contribution in [3.63, 3.8) is 0 Å². The standard InChI is InChI=1S/C10H17N3O2/c1-2-3-4-5-11-9(14)6-8-7-12-10(15)13-8/h7H,2-6H2,1H3,(H,11,14)(H2,12,13,15). The summed E-state index contributed by atoms with van der Waals surface area (Å²) in [6, 6.07) is 0. The summed E-state index contributed by atoms with van der Waals surface area (Å²) in [7, 11) is 0. The van der Waals surface area contributed by atoms with Gasteiger partial charge in [-0.1, -0.05) is 19.8 Å². The van der Waals surface area contributed by atoms with Crippen LogP contribution in [0.2, 0.25) is 0 Å². The summed E-state index contributed by atoms with van der Waals surface area (Å²) in [4.78, 5) is 27.1. The van der Waals surface area contributed by atoms with Crippen LogP contribution in [0.4, 0.5) is 0 Å². The maximum atomic E-state index is 11.3. The SMILES string of the molecule is CCCCCNC(=O)Cc1c[nH]c(=O)[nH]1. The van der Waals surface area contributed by atoms with E-state index in [0.29, 0.717) is 12.2 Å². The minimum atomic E-state index is -0.274. The number of imidazole rings is 1. The summed E-state index contributed by atoms with van der Waals surface area (Å²) in [5.41, 5.74) is 0.344. The molecular formula is C10H17N3O2. The first-order valence-corrected chi connectivity index (χ1v) is 5.25. The number of nitrogens with one attached hydrogen (secondary N) is 3. The van der Waals surface area contributed by atoms with E-state index < -0.39 is 0 Å². The highest BCUT2D eigenvalue weighted by Crippen LogP contribution is 1.93. The topological polar surface area (TPSA) is 77.8 Å². The summed E-state index contributed by atoms with van der Waals surface area (Å²) >= 11 is 0. The Hall–Kier alpha value is -1.52. The summed E-state index contributed by atoms with van der Waals surface area (Å²) in [5, 5.41) is 2.80. The Morgan fingerprint density at radius 3 is 2.87 bits per heavy atom. The molecule has 1 amide bonds. The number of hydrogen-bond acceptors (Lipinski definition) is 2. The largest absolute Gasteiger partial charge is 0.356 e. The van der Waals surface area contributed by atoms with Crippen LogP contribution in [0.15, 0.2) is 11.0 Å². The summed E-state index contributed by atoms with van der Waals surface area (Å²) in [6.45, 7) is 2.83. The van der Waals surface area contributed by atoms with E-state index in [4.69, 9.17) is 0 Å². The second-order valence-corrected chi connectivity index (χ2v) is 3.50. The second-order valence-electron chi connectivity index (χ2n) is 3.50. The maximum absolute atomic E-state index is 11.3. The van der Waals surface area contributed by atoms with E-state index in [2.05, 4.69) is 22.2 Å². The van der Waals surface area contributed by atoms with E-state index in [1.54, 1.807) is 0 Å². The quantitative estimate of drug-likeness (QED) is 0.601. The van der Waals surface area contributed by atoms with Gasteiger partial charge in [0.2, 0.25) is 5.91 Å². The molecule has 3 N–H and O–H groups in total. The zero-order chi connectivity index (χ0) is 11.1. The zero-order valence-electron chi connectivity index (χ0n) is 8.93. The van der Waals surface area contributed by atoms with Crippen LogP contribution in [0.3, 0.4) is 0 Å². The molecule has 0 radical (unpaired) electrons. The smallest absolute Gasteiger partial charge is 0.323 e. The fourth-order valence-electron chi connectivity index (χ4n) is 1.30. The van der Waals surface area contributed by atoms with Gasteiger partial charge in [-0.2, -0.15) is 0 Å². The van der Waals surface area contributed by atoms with Crippen molar-refractivity contribution in [1.82, 2.24) is 15.3 Å². The monoisotopic (exact) mass is 211 g/mol. The van der Waals surface area contributed by atoms with Gasteiger partial charge in [0.05, 0.1) is 6.42 Å². The van der Waals surface area contributed by atoms with E-state index in [9.17, 15) is 9.59 Å². The van der Waals surface area contributed by atoms with Crippen molar-refractivity contribution in [2.75, 3.05) is 6.54 Å². The average Bonchev–Trinajstić information content (AvgIpc) is 2.59. The molecule has 0 spiro atoms. The molecule has 0 fully saturated rings. The molecule has 0 aliphatic heterocycles. The van der Waals surface area contributed by atoms with Crippen molar-refractivity contribution in [1.29, 1.82) is 0 Å². The first-order chi connectivity index (χ1) is 7.22. The van der Waals surface area contributed by atoms with Crippen LogP contribution in [0.25, 0.3) is 0 Å². The van der Waals surface area contributed by atoms with Gasteiger partial charge in [-0.15, -0.1) is 0 Å². The highest BCUT2D eigenvalue weighted by atomic mass is 16.2. The van der Waals surface area contributed by atoms with Gasteiger partial charge in [0.1, 0.15) is 0 Å². The fraction of sp³-hybridized carbons (Fsp3) is 0.600. The Morgan fingerprint density at radius 2 is 2.27 bits per heavy atom. The van der Waals surface area contributed by atoms with Gasteiger partial charge in [0.15, 0.2) is 0 Å². The van der Waals surface area contributed by atoms with Crippen LogP contribution < -0.4 is 11.0 Å². The van der Waals surface area contributed by atoms with Gasteiger partial charge in [-0.05, 0) is 6.42 Å². The predicted molar refractivity (Wildman–Crippen MR) is 57.7 cm³/mol. The first-order valence-electron chi connectivity index (χ1n) is 5.25. The third kappa shape index (κ3) is 4.49. The fourth-order valence-corrected chi connectivity index (χ4v) is 1.30. The molecule has 0 saturated heterocycles. The van der Waals surface area contributed by atoms with E-state index in [1.165, 1.54) is 6.20 Å². The molecule has 15 heavy (non-hydrogen) atoms. The zero-order valence-corrected chi connectivity index (χ0v) is 8.93. The van der Waals surface area contributed by atoms with Crippen LogP contribution >= 0.6 is 0 Å². The lowest BCUT2D eigenvalue weighted by Gasteiger charge is -2.02. The van der Waals surface area contributed by atoms with E-state index in [0.717, 1.165) is 19.3 Å². The Labute approximate surface area is 88.3 Å². The lowest BCUT2D eigenvalue weighted by atomic mass is 10.2. The molecule has 0 aliphatic carbocycles. The Kier molecular flexibility index (Phi) is 4.66. The number of carbonyl (C=O) groups is 1. The van der Waals surface area contributed by atoms with Crippen molar-refractivity contribution in [3.05, 3.63) is 22.4 Å². The summed E-state index contributed by atoms with van der Waals surface area (Å²) in [6.07, 6.45) is 5.02. The normalized spacial score (nSPS) is 10.2. The molecule has 5 heteroatoms. The molecule has 0 aliphatic rings. The third-order valence-corrected chi connectivity index (χ3v) is 2.11. The van der Waals surface area contributed by atoms with Crippen molar-refractivity contribution in [3.8, 4) is 0 Å². The molecule has 0 saturated carbocycles. The highest BCUT2D eigenvalue weighted by Gasteiger charge is 2.03. The van der Waals surface area contributed by atoms with Gasteiger partial charge in [0.25, 0.3) is 0 Å². The molecular weight excluding hydrogens is 194 g/mol. The van der Waals surface area contributed by atoms with Gasteiger partial charge < -0.3 is 15.3 Å². The van der Waals surface area contributed by atoms with E-state index >= 15 is 0 Å². The lowest BCUT2D eigenvalue weighted by molar-refractivity contribution is -0.120. The van der Waals surface area contributed by atoms with Crippen LogP contribution in [0, 0.1) is 0 Å². The van der Waals surface area contributed by atoms with Crippen LogP contribution in [0.5, 0.6) is 0 Å². The molecule has 0 aromatic carbocycles. The first kappa shape index (κ1) is 11.6. The average molecular weight is 211 g/mol. The van der Waals surface area contributed by atoms with Gasteiger partial charge in [-0.3, -0.25) is 4.79 Å². The van der Waals surface area contributed by atoms with Crippen LogP contribution in [0.1, 0.15) is 31.9 Å². The number of unbranched alkanes of at least 4 members (excludes halogenated alkanes) is 2. The Morgan fingerprint density at radius 1 is 1.47 bits per heavy atom. The molecule has 1 aromatic heterocycles. The van der Waals surface area contributed by atoms with Crippen molar-refractivity contribution >= 4 is 5.91 Å². The number of aromatic amines is 2. The molecule has 5 nitrogen and oxygen atoms in total. The molecule has 84 valence electrons. The molecule has 0 atom stereocenters. The van der Waals surface area contributed by atoms with Gasteiger partial charge in [0, 0.05) is 18.4 Å². The number of H-pyrrole nitrogens is 2. The van der Waals surface area contributed by atoms with Crippen LogP contribution in [-0.2, 0) is 11.2 Å². The Balaban J connectivity index is 2.21. The summed E-state index contributed by atoms with van der Waals surface area (Å²) < 4.78 is 0. The minimum absolute atomic E-state index is 0.0543. The van der Waals surface area contributed by atoms with Crippen molar-refractivity contribution in [2.24, 2.45) is 0 Å². The molecule has 0 bridgehead atoms. The maximum Gasteiger partial charge on any atom is 0.323 e. The van der Waals surface area contributed by atoms with Crippen LogP contribution in [-0.4, -0.2) is 22.4 Å².